The van der Waals surface area contributed by atoms with Gasteiger partial charge in [-0.05, 0) is 39.0 Å². The number of carbonyl (C=O) groups is 1. The summed E-state index contributed by atoms with van der Waals surface area (Å²) < 4.78 is 5.24. The van der Waals surface area contributed by atoms with Gasteiger partial charge in [0.15, 0.2) is 0 Å². The molecule has 0 saturated heterocycles. The molecule has 116 valence electrons. The number of carbonyl (C=O) groups excluding carboxylic acids is 1. The molecule has 0 bridgehead atoms. The van der Waals surface area contributed by atoms with Gasteiger partial charge >= 0.3 is 5.97 Å². The first-order chi connectivity index (χ1) is 10.3. The van der Waals surface area contributed by atoms with Crippen LogP contribution in [0.5, 0.6) is 0 Å². The number of esters is 1. The second kappa shape index (κ2) is 6.91. The van der Waals surface area contributed by atoms with Crippen LogP contribution in [-0.4, -0.2) is 17.6 Å². The quantitative estimate of drug-likeness (QED) is 0.607. The first-order valence-corrected chi connectivity index (χ1v) is 9.27. The molecule has 1 unspecified atom stereocenters. The van der Waals surface area contributed by atoms with Crippen LogP contribution in [0.1, 0.15) is 85.7 Å². The maximum absolute atomic E-state index is 12.1. The highest BCUT2D eigenvalue weighted by atomic mass is 32.1. The van der Waals surface area contributed by atoms with E-state index in [0.717, 1.165) is 25.0 Å². The number of ether oxygens (including phenoxy) is 1. The van der Waals surface area contributed by atoms with Crippen LogP contribution in [0, 0.1) is 0 Å². The largest absolute Gasteiger partial charge is 0.465 e. The molecule has 1 aromatic rings. The van der Waals surface area contributed by atoms with Crippen LogP contribution >= 0.6 is 11.3 Å². The predicted molar refractivity (Wildman–Crippen MR) is 84.9 cm³/mol. The van der Waals surface area contributed by atoms with Crippen molar-refractivity contribution in [2.45, 2.75) is 76.5 Å². The summed E-state index contributed by atoms with van der Waals surface area (Å²) in [4.78, 5) is 18.4. The van der Waals surface area contributed by atoms with Gasteiger partial charge in [-0.3, -0.25) is 4.79 Å². The summed E-state index contributed by atoms with van der Waals surface area (Å²) >= 11 is 1.87. The first kappa shape index (κ1) is 15.0. The van der Waals surface area contributed by atoms with Crippen LogP contribution in [0.2, 0.25) is 0 Å². The summed E-state index contributed by atoms with van der Waals surface area (Å²) in [6.45, 7) is 2.34. The summed E-state index contributed by atoms with van der Waals surface area (Å²) in [7, 11) is 0. The number of aromatic nitrogens is 1. The second-order valence-corrected chi connectivity index (χ2v) is 7.36. The van der Waals surface area contributed by atoms with Gasteiger partial charge < -0.3 is 4.74 Å². The van der Waals surface area contributed by atoms with Crippen LogP contribution in [0.4, 0.5) is 0 Å². The number of aryl methyl sites for hydroxylation is 1. The molecule has 1 heterocycles. The third-order valence-electron chi connectivity index (χ3n) is 4.75. The van der Waals surface area contributed by atoms with E-state index >= 15 is 0 Å². The van der Waals surface area contributed by atoms with Crippen LogP contribution in [-0.2, 0) is 16.0 Å². The lowest BCUT2D eigenvalue weighted by Gasteiger charge is -2.19. The van der Waals surface area contributed by atoms with Crippen LogP contribution in [0.25, 0.3) is 0 Å². The fraction of sp³-hybridized carbons (Fsp3) is 0.765. The molecule has 3 nitrogen and oxygen atoms in total. The van der Waals surface area contributed by atoms with Gasteiger partial charge in [0.05, 0.1) is 17.3 Å². The molecule has 4 heteroatoms. The molecule has 2 aliphatic rings. The van der Waals surface area contributed by atoms with Crippen molar-refractivity contribution in [3.05, 3.63) is 15.6 Å². The summed E-state index contributed by atoms with van der Waals surface area (Å²) in [5.41, 5.74) is 1.05. The zero-order valence-corrected chi connectivity index (χ0v) is 13.7. The molecule has 1 saturated carbocycles. The van der Waals surface area contributed by atoms with Gasteiger partial charge in [-0.2, -0.15) is 0 Å². The van der Waals surface area contributed by atoms with Gasteiger partial charge in [0.25, 0.3) is 0 Å². The lowest BCUT2D eigenvalue weighted by atomic mass is 9.91. The van der Waals surface area contributed by atoms with Gasteiger partial charge in [-0.15, -0.1) is 11.3 Å². The van der Waals surface area contributed by atoms with E-state index in [9.17, 15) is 4.79 Å². The summed E-state index contributed by atoms with van der Waals surface area (Å²) in [6, 6.07) is 0. The molecule has 0 aliphatic heterocycles. The fourth-order valence-electron chi connectivity index (χ4n) is 3.61. The standard InChI is InChI=1S/C17H25NO2S/c1-2-20-17(19)13-10-7-11-14-15(13)18-16(21-14)12-8-5-3-4-6-9-12/h12-13H,2-11H2,1H3. The predicted octanol–water partition coefficient (Wildman–Crippen LogP) is 4.56. The minimum atomic E-state index is -0.107. The molecule has 1 fully saturated rings. The van der Waals surface area contributed by atoms with Crippen molar-refractivity contribution >= 4 is 17.3 Å². The molecular formula is C17H25NO2S. The van der Waals surface area contributed by atoms with E-state index in [2.05, 4.69) is 0 Å². The smallest absolute Gasteiger partial charge is 0.315 e. The Kier molecular flexibility index (Phi) is 4.94. The monoisotopic (exact) mass is 307 g/mol. The number of hydrogen-bond acceptors (Lipinski definition) is 4. The molecule has 1 atom stereocenters. The second-order valence-electron chi connectivity index (χ2n) is 6.25. The highest BCUT2D eigenvalue weighted by Crippen LogP contribution is 2.40. The topological polar surface area (TPSA) is 39.2 Å². The Bertz CT molecular complexity index is 489. The molecule has 0 spiro atoms. The van der Waals surface area contributed by atoms with E-state index in [4.69, 9.17) is 9.72 Å². The molecular weight excluding hydrogens is 282 g/mol. The Hall–Kier alpha value is -0.900. The van der Waals surface area contributed by atoms with E-state index < -0.39 is 0 Å². The lowest BCUT2D eigenvalue weighted by Crippen LogP contribution is -2.20. The van der Waals surface area contributed by atoms with Gasteiger partial charge in [-0.25, -0.2) is 4.98 Å². The molecule has 2 aliphatic carbocycles. The fourth-order valence-corrected chi connectivity index (χ4v) is 4.95. The molecule has 0 N–H and O–H groups in total. The van der Waals surface area contributed by atoms with Crippen molar-refractivity contribution in [1.82, 2.24) is 4.98 Å². The third-order valence-corrected chi connectivity index (χ3v) is 6.04. The van der Waals surface area contributed by atoms with Crippen LogP contribution in [0.3, 0.4) is 0 Å². The lowest BCUT2D eigenvalue weighted by molar-refractivity contribution is -0.145. The maximum Gasteiger partial charge on any atom is 0.315 e. The van der Waals surface area contributed by atoms with Gasteiger partial charge in [-0.1, -0.05) is 25.7 Å². The first-order valence-electron chi connectivity index (χ1n) is 8.45. The Morgan fingerprint density at radius 3 is 2.67 bits per heavy atom. The highest BCUT2D eigenvalue weighted by molar-refractivity contribution is 7.11. The summed E-state index contributed by atoms with van der Waals surface area (Å²) in [5, 5.41) is 1.29. The Morgan fingerprint density at radius 1 is 1.19 bits per heavy atom. The maximum atomic E-state index is 12.1. The van der Waals surface area contributed by atoms with Crippen molar-refractivity contribution in [1.29, 1.82) is 0 Å². The van der Waals surface area contributed by atoms with Crippen LogP contribution < -0.4 is 0 Å². The highest BCUT2D eigenvalue weighted by Gasteiger charge is 2.32. The average Bonchev–Trinajstić information content (AvgIpc) is 2.74. The normalized spacial score (nSPS) is 23.4. The minimum absolute atomic E-state index is 0.0730. The molecule has 0 aromatic carbocycles. The number of fused-ring (bicyclic) bond motifs is 1. The molecule has 0 amide bonds. The zero-order chi connectivity index (χ0) is 14.7. The zero-order valence-electron chi connectivity index (χ0n) is 12.9. The van der Waals surface area contributed by atoms with Crippen molar-refractivity contribution in [2.24, 2.45) is 0 Å². The molecule has 3 rings (SSSR count). The summed E-state index contributed by atoms with van der Waals surface area (Å²) in [5.74, 6) is 0.451. The van der Waals surface area contributed by atoms with Gasteiger partial charge in [0.2, 0.25) is 0 Å². The molecule has 0 radical (unpaired) electrons. The molecule has 21 heavy (non-hydrogen) atoms. The molecule has 1 aromatic heterocycles. The number of hydrogen-bond donors (Lipinski definition) is 0. The Morgan fingerprint density at radius 2 is 1.95 bits per heavy atom. The number of thiazole rings is 1. The van der Waals surface area contributed by atoms with Crippen molar-refractivity contribution in [2.75, 3.05) is 6.61 Å². The minimum Gasteiger partial charge on any atom is -0.465 e. The van der Waals surface area contributed by atoms with Gasteiger partial charge in [0, 0.05) is 10.8 Å². The van der Waals surface area contributed by atoms with E-state index in [1.54, 1.807) is 0 Å². The average molecular weight is 307 g/mol. The van der Waals surface area contributed by atoms with E-state index in [-0.39, 0.29) is 11.9 Å². The van der Waals surface area contributed by atoms with Crippen molar-refractivity contribution in [3.8, 4) is 0 Å². The van der Waals surface area contributed by atoms with E-state index in [1.165, 1.54) is 48.4 Å². The Balaban J connectivity index is 1.81. The van der Waals surface area contributed by atoms with E-state index in [1.807, 2.05) is 18.3 Å². The number of rotatable bonds is 3. The van der Waals surface area contributed by atoms with Crippen LogP contribution in [0.15, 0.2) is 0 Å². The SMILES string of the molecule is CCOC(=O)C1CCCc2sc(C3CCCCCC3)nc21. The Labute approximate surface area is 131 Å². The summed E-state index contributed by atoms with van der Waals surface area (Å²) in [6.07, 6.45) is 11.0. The van der Waals surface area contributed by atoms with Crippen molar-refractivity contribution in [3.63, 3.8) is 0 Å². The number of nitrogens with zero attached hydrogens (tertiary/aromatic N) is 1. The van der Waals surface area contributed by atoms with Crippen molar-refractivity contribution < 1.29 is 9.53 Å². The van der Waals surface area contributed by atoms with Gasteiger partial charge in [0.1, 0.15) is 5.92 Å². The third kappa shape index (κ3) is 3.31. The van der Waals surface area contributed by atoms with E-state index in [0.29, 0.717) is 12.5 Å².